The number of carbonyl (C=O) groups is 1. The van der Waals surface area contributed by atoms with Crippen molar-refractivity contribution in [3.05, 3.63) is 0 Å². The molecule has 0 N–H and O–H groups in total. The predicted molar refractivity (Wildman–Crippen MR) is 98.8 cm³/mol. The van der Waals surface area contributed by atoms with Crippen LogP contribution in [0.3, 0.4) is 0 Å². The van der Waals surface area contributed by atoms with Gasteiger partial charge in [-0.05, 0) is 31.1 Å². The Bertz CT molecular complexity index is 243. The van der Waals surface area contributed by atoms with E-state index < -0.39 is 0 Å². The molecule has 4 heteroatoms. The summed E-state index contributed by atoms with van der Waals surface area (Å²) < 4.78 is 10.7. The highest BCUT2D eigenvalue weighted by atomic mass is 16.5. The van der Waals surface area contributed by atoms with Gasteiger partial charge in [0.1, 0.15) is 0 Å². The predicted octanol–water partition coefficient (Wildman–Crippen LogP) is 4.38. The lowest BCUT2D eigenvalue weighted by molar-refractivity contribution is -0.129. The standard InChI is InChI=1S/C10H22O.C9H19NO2/c1-9(2)5-7-11-8-6-10(3)4;1-4-5-7-12-8-6-9(11)10(2)3/h9-10H,5-8H2,1-4H3;4-8H2,1-3H3. The van der Waals surface area contributed by atoms with E-state index in [1.54, 1.807) is 19.0 Å². The summed E-state index contributed by atoms with van der Waals surface area (Å²) in [4.78, 5) is 12.6. The number of rotatable bonds is 12. The van der Waals surface area contributed by atoms with Gasteiger partial charge in [0.2, 0.25) is 5.91 Å². The molecule has 0 saturated carbocycles. The molecular weight excluding hydrogens is 290 g/mol. The van der Waals surface area contributed by atoms with Gasteiger partial charge in [-0.1, -0.05) is 41.0 Å². The molecule has 4 nitrogen and oxygen atoms in total. The zero-order chi connectivity index (χ0) is 18.1. The normalized spacial score (nSPS) is 10.7. The van der Waals surface area contributed by atoms with Crippen molar-refractivity contribution < 1.29 is 14.3 Å². The molecule has 0 rings (SSSR count). The lowest BCUT2D eigenvalue weighted by atomic mass is 10.1. The second-order valence-electron chi connectivity index (χ2n) is 6.98. The summed E-state index contributed by atoms with van der Waals surface area (Å²) in [6.07, 6.45) is 5.10. The minimum atomic E-state index is 0.131. The van der Waals surface area contributed by atoms with Gasteiger partial charge in [0.15, 0.2) is 0 Å². The van der Waals surface area contributed by atoms with Crippen molar-refractivity contribution in [2.75, 3.05) is 40.5 Å². The maximum Gasteiger partial charge on any atom is 0.224 e. The highest BCUT2D eigenvalue weighted by molar-refractivity contribution is 5.75. The minimum absolute atomic E-state index is 0.131. The van der Waals surface area contributed by atoms with Crippen molar-refractivity contribution in [1.29, 1.82) is 0 Å². The molecule has 0 aliphatic heterocycles. The third-order valence-electron chi connectivity index (χ3n) is 3.28. The number of amides is 1. The smallest absolute Gasteiger partial charge is 0.224 e. The maximum atomic E-state index is 11.0. The Hall–Kier alpha value is -0.610. The molecule has 0 radical (unpaired) electrons. The molecule has 0 aromatic carbocycles. The molecule has 140 valence electrons. The first-order chi connectivity index (χ1) is 10.8. The highest BCUT2D eigenvalue weighted by Gasteiger charge is 2.02. The summed E-state index contributed by atoms with van der Waals surface area (Å²) in [5.41, 5.74) is 0. The van der Waals surface area contributed by atoms with E-state index in [4.69, 9.17) is 9.47 Å². The Kier molecular flexibility index (Phi) is 19.0. The highest BCUT2D eigenvalue weighted by Crippen LogP contribution is 2.02. The Morgan fingerprint density at radius 2 is 1.35 bits per heavy atom. The first-order valence-electron chi connectivity index (χ1n) is 9.16. The van der Waals surface area contributed by atoms with Crippen LogP contribution < -0.4 is 0 Å². The average molecular weight is 332 g/mol. The topological polar surface area (TPSA) is 38.8 Å². The van der Waals surface area contributed by atoms with Gasteiger partial charge in [0.05, 0.1) is 13.0 Å². The Balaban J connectivity index is 0. The number of hydrogen-bond donors (Lipinski definition) is 0. The fraction of sp³-hybridized carbons (Fsp3) is 0.947. The van der Waals surface area contributed by atoms with Gasteiger partial charge >= 0.3 is 0 Å². The van der Waals surface area contributed by atoms with E-state index in [1.165, 1.54) is 12.8 Å². The lowest BCUT2D eigenvalue weighted by Crippen LogP contribution is -2.22. The van der Waals surface area contributed by atoms with E-state index in [2.05, 4.69) is 34.6 Å². The maximum absolute atomic E-state index is 11.0. The van der Waals surface area contributed by atoms with Gasteiger partial charge in [-0.3, -0.25) is 4.79 Å². The van der Waals surface area contributed by atoms with Crippen molar-refractivity contribution >= 4 is 5.91 Å². The van der Waals surface area contributed by atoms with Crippen LogP contribution in [0.5, 0.6) is 0 Å². The molecule has 0 aliphatic carbocycles. The molecule has 1 amide bonds. The summed E-state index contributed by atoms with van der Waals surface area (Å²) in [6, 6.07) is 0. The van der Waals surface area contributed by atoms with Crippen LogP contribution in [-0.4, -0.2) is 51.3 Å². The molecule has 0 heterocycles. The van der Waals surface area contributed by atoms with E-state index in [1.807, 2.05) is 0 Å². The average Bonchev–Trinajstić information content (AvgIpc) is 2.46. The second-order valence-corrected chi connectivity index (χ2v) is 6.98. The molecule has 0 fully saturated rings. The van der Waals surface area contributed by atoms with Crippen LogP contribution in [-0.2, 0) is 14.3 Å². The zero-order valence-corrected chi connectivity index (χ0v) is 16.7. The molecule has 0 saturated heterocycles. The fourth-order valence-corrected chi connectivity index (χ4v) is 1.47. The molecule has 0 bridgehead atoms. The van der Waals surface area contributed by atoms with E-state index in [-0.39, 0.29) is 5.91 Å². The largest absolute Gasteiger partial charge is 0.381 e. The minimum Gasteiger partial charge on any atom is -0.381 e. The van der Waals surface area contributed by atoms with Crippen molar-refractivity contribution in [1.82, 2.24) is 4.90 Å². The van der Waals surface area contributed by atoms with Crippen molar-refractivity contribution in [3.63, 3.8) is 0 Å². The number of hydrogen-bond acceptors (Lipinski definition) is 3. The monoisotopic (exact) mass is 331 g/mol. The molecule has 23 heavy (non-hydrogen) atoms. The number of unbranched alkanes of at least 4 members (excludes halogenated alkanes) is 1. The second kappa shape index (κ2) is 17.7. The van der Waals surface area contributed by atoms with Crippen LogP contribution in [0, 0.1) is 11.8 Å². The Morgan fingerprint density at radius 3 is 1.74 bits per heavy atom. The first-order valence-corrected chi connectivity index (χ1v) is 9.16. The fourth-order valence-electron chi connectivity index (χ4n) is 1.47. The Labute approximate surface area is 144 Å². The van der Waals surface area contributed by atoms with Gasteiger partial charge in [0.25, 0.3) is 0 Å². The van der Waals surface area contributed by atoms with Crippen LogP contribution in [0.4, 0.5) is 0 Å². The molecule has 0 aromatic heterocycles. The summed E-state index contributed by atoms with van der Waals surface area (Å²) in [5, 5.41) is 0. The Morgan fingerprint density at radius 1 is 0.870 bits per heavy atom. The van der Waals surface area contributed by atoms with E-state index >= 15 is 0 Å². The molecule has 0 aliphatic rings. The molecule has 0 atom stereocenters. The molecule has 0 spiro atoms. The van der Waals surface area contributed by atoms with Crippen LogP contribution in [0.15, 0.2) is 0 Å². The van der Waals surface area contributed by atoms with Crippen LogP contribution in [0.2, 0.25) is 0 Å². The lowest BCUT2D eigenvalue weighted by Gasteiger charge is -2.09. The van der Waals surface area contributed by atoms with Gasteiger partial charge < -0.3 is 14.4 Å². The summed E-state index contributed by atoms with van der Waals surface area (Å²) in [7, 11) is 3.52. The zero-order valence-electron chi connectivity index (χ0n) is 16.7. The van der Waals surface area contributed by atoms with Gasteiger partial charge in [-0.15, -0.1) is 0 Å². The van der Waals surface area contributed by atoms with Crippen LogP contribution >= 0.6 is 0 Å². The molecule has 0 unspecified atom stereocenters. The van der Waals surface area contributed by atoms with E-state index in [0.29, 0.717) is 13.0 Å². The van der Waals surface area contributed by atoms with Gasteiger partial charge in [-0.2, -0.15) is 0 Å². The third kappa shape index (κ3) is 23.8. The number of ether oxygens (including phenoxy) is 2. The van der Waals surface area contributed by atoms with E-state index in [0.717, 1.165) is 44.5 Å². The van der Waals surface area contributed by atoms with Crippen molar-refractivity contribution in [3.8, 4) is 0 Å². The van der Waals surface area contributed by atoms with E-state index in [9.17, 15) is 4.79 Å². The SMILES string of the molecule is CC(C)CCOCCC(C)C.CCCCOCCC(=O)N(C)C. The molecular formula is C19H41NO3. The first kappa shape index (κ1) is 24.6. The summed E-state index contributed by atoms with van der Waals surface area (Å²) in [5.74, 6) is 1.68. The number of nitrogens with zero attached hydrogens (tertiary/aromatic N) is 1. The third-order valence-corrected chi connectivity index (χ3v) is 3.28. The van der Waals surface area contributed by atoms with Gasteiger partial charge in [-0.25, -0.2) is 0 Å². The summed E-state index contributed by atoms with van der Waals surface area (Å²) >= 11 is 0. The summed E-state index contributed by atoms with van der Waals surface area (Å²) in [6.45, 7) is 14.2. The van der Waals surface area contributed by atoms with Crippen LogP contribution in [0.1, 0.15) is 66.7 Å². The van der Waals surface area contributed by atoms with Crippen molar-refractivity contribution in [2.45, 2.75) is 66.7 Å². The van der Waals surface area contributed by atoms with Crippen LogP contribution in [0.25, 0.3) is 0 Å². The number of carbonyl (C=O) groups excluding carboxylic acids is 1. The quantitative estimate of drug-likeness (QED) is 0.498. The van der Waals surface area contributed by atoms with Crippen molar-refractivity contribution in [2.24, 2.45) is 11.8 Å². The van der Waals surface area contributed by atoms with Gasteiger partial charge in [0, 0.05) is 33.9 Å². The molecule has 0 aromatic rings.